The Bertz CT molecular complexity index is 665. The molecule has 106 valence electrons. The van der Waals surface area contributed by atoms with Gasteiger partial charge in [-0.15, -0.1) is 11.3 Å². The third-order valence-corrected chi connectivity index (χ3v) is 4.36. The fourth-order valence-corrected chi connectivity index (χ4v) is 3.03. The molecule has 8 heteroatoms. The van der Waals surface area contributed by atoms with Crippen molar-refractivity contribution in [3.63, 3.8) is 0 Å². The van der Waals surface area contributed by atoms with Crippen molar-refractivity contribution in [1.29, 1.82) is 0 Å². The standard InChI is InChI=1S/C12H12BrN3O3S/c1-14-6-9(16(18)19)4-10(14)12(17)15(2)5-8-3-11(13)20-7-8/h3-4,6-7H,5H2,1-2H3. The van der Waals surface area contributed by atoms with E-state index in [0.717, 1.165) is 9.35 Å². The third-order valence-electron chi connectivity index (χ3n) is 2.81. The highest BCUT2D eigenvalue weighted by Gasteiger charge is 2.20. The largest absolute Gasteiger partial charge is 0.340 e. The number of rotatable bonds is 4. The number of carbonyl (C=O) groups is 1. The number of carbonyl (C=O) groups excluding carboxylic acids is 1. The molecule has 0 saturated heterocycles. The van der Waals surface area contributed by atoms with Gasteiger partial charge in [0.25, 0.3) is 11.6 Å². The van der Waals surface area contributed by atoms with Crippen LogP contribution >= 0.6 is 27.3 Å². The summed E-state index contributed by atoms with van der Waals surface area (Å²) in [6, 6.07) is 3.24. The van der Waals surface area contributed by atoms with Crippen molar-refractivity contribution in [3.05, 3.63) is 48.9 Å². The van der Waals surface area contributed by atoms with E-state index < -0.39 is 4.92 Å². The van der Waals surface area contributed by atoms with Gasteiger partial charge in [0.2, 0.25) is 0 Å². The molecule has 0 atom stereocenters. The number of hydrogen-bond donors (Lipinski definition) is 0. The Morgan fingerprint density at radius 1 is 1.55 bits per heavy atom. The molecule has 1 amide bonds. The van der Waals surface area contributed by atoms with Crippen molar-refractivity contribution in [2.24, 2.45) is 7.05 Å². The Morgan fingerprint density at radius 3 is 2.75 bits per heavy atom. The van der Waals surface area contributed by atoms with Crippen LogP contribution in [0, 0.1) is 10.1 Å². The molecule has 2 aromatic rings. The zero-order valence-corrected chi connectivity index (χ0v) is 13.3. The summed E-state index contributed by atoms with van der Waals surface area (Å²) in [5, 5.41) is 12.7. The summed E-state index contributed by atoms with van der Waals surface area (Å²) in [5.74, 6) is -0.247. The summed E-state index contributed by atoms with van der Waals surface area (Å²) in [6.07, 6.45) is 1.34. The normalized spacial score (nSPS) is 10.6. The van der Waals surface area contributed by atoms with Crippen molar-refractivity contribution < 1.29 is 9.72 Å². The molecule has 0 radical (unpaired) electrons. The van der Waals surface area contributed by atoms with Crippen LogP contribution < -0.4 is 0 Å². The Labute approximate surface area is 127 Å². The molecule has 0 spiro atoms. The van der Waals surface area contributed by atoms with Gasteiger partial charge in [-0.05, 0) is 32.9 Å². The average Bonchev–Trinajstić information content (AvgIpc) is 2.95. The molecule has 20 heavy (non-hydrogen) atoms. The van der Waals surface area contributed by atoms with Crippen molar-refractivity contribution in [2.75, 3.05) is 7.05 Å². The van der Waals surface area contributed by atoms with Crippen LogP contribution in [-0.4, -0.2) is 27.3 Å². The molecule has 0 aromatic carbocycles. The number of aryl methyl sites for hydroxylation is 1. The van der Waals surface area contributed by atoms with E-state index in [-0.39, 0.29) is 11.6 Å². The first-order chi connectivity index (χ1) is 9.38. The molecule has 0 unspecified atom stereocenters. The van der Waals surface area contributed by atoms with E-state index in [1.165, 1.54) is 21.7 Å². The van der Waals surface area contributed by atoms with Crippen molar-refractivity contribution >= 4 is 38.9 Å². The lowest BCUT2D eigenvalue weighted by Gasteiger charge is -2.16. The second kappa shape index (κ2) is 5.76. The number of amides is 1. The second-order valence-corrected chi connectivity index (χ2v) is 6.66. The van der Waals surface area contributed by atoms with Crippen LogP contribution in [0.3, 0.4) is 0 Å². The van der Waals surface area contributed by atoms with Gasteiger partial charge in [0, 0.05) is 26.7 Å². The predicted molar refractivity (Wildman–Crippen MR) is 79.9 cm³/mol. The van der Waals surface area contributed by atoms with Crippen LogP contribution in [0.5, 0.6) is 0 Å². The summed E-state index contributed by atoms with van der Waals surface area (Å²) in [4.78, 5) is 24.0. The molecular weight excluding hydrogens is 346 g/mol. The van der Waals surface area contributed by atoms with Crippen molar-refractivity contribution in [2.45, 2.75) is 6.54 Å². The highest BCUT2D eigenvalue weighted by atomic mass is 79.9. The van der Waals surface area contributed by atoms with Gasteiger partial charge in [-0.3, -0.25) is 14.9 Å². The minimum atomic E-state index is -0.507. The van der Waals surface area contributed by atoms with Gasteiger partial charge in [0.15, 0.2) is 0 Å². The SMILES string of the molecule is CN(Cc1csc(Br)c1)C(=O)c1cc([N+](=O)[O-])cn1C. The Morgan fingerprint density at radius 2 is 2.25 bits per heavy atom. The topological polar surface area (TPSA) is 68.4 Å². The highest BCUT2D eigenvalue weighted by Crippen LogP contribution is 2.22. The molecule has 0 aliphatic carbocycles. The van der Waals surface area contributed by atoms with Crippen molar-refractivity contribution in [3.8, 4) is 0 Å². The highest BCUT2D eigenvalue weighted by molar-refractivity contribution is 9.11. The van der Waals surface area contributed by atoms with Gasteiger partial charge in [-0.25, -0.2) is 0 Å². The summed E-state index contributed by atoms with van der Waals surface area (Å²) in [7, 11) is 3.29. The van der Waals surface area contributed by atoms with E-state index in [4.69, 9.17) is 0 Å². The van der Waals surface area contributed by atoms with Crippen LogP contribution in [0.2, 0.25) is 0 Å². The maximum absolute atomic E-state index is 12.3. The molecule has 2 aromatic heterocycles. The van der Waals surface area contributed by atoms with Crippen LogP contribution in [0.4, 0.5) is 5.69 Å². The molecule has 0 aliphatic rings. The molecule has 0 aliphatic heterocycles. The van der Waals surface area contributed by atoms with Gasteiger partial charge in [-0.2, -0.15) is 0 Å². The molecule has 0 bridgehead atoms. The lowest BCUT2D eigenvalue weighted by atomic mass is 10.3. The first kappa shape index (κ1) is 14.7. The molecule has 0 saturated carbocycles. The van der Waals surface area contributed by atoms with Gasteiger partial charge in [-0.1, -0.05) is 0 Å². The minimum absolute atomic E-state index is 0.0810. The summed E-state index contributed by atoms with van der Waals surface area (Å²) in [5.41, 5.74) is 1.23. The van der Waals surface area contributed by atoms with E-state index in [2.05, 4.69) is 15.9 Å². The number of aromatic nitrogens is 1. The monoisotopic (exact) mass is 357 g/mol. The maximum Gasteiger partial charge on any atom is 0.287 e. The van der Waals surface area contributed by atoms with Gasteiger partial charge >= 0.3 is 0 Å². The zero-order chi connectivity index (χ0) is 14.9. The van der Waals surface area contributed by atoms with E-state index in [1.807, 2.05) is 11.4 Å². The summed E-state index contributed by atoms with van der Waals surface area (Å²) < 4.78 is 2.48. The average molecular weight is 358 g/mol. The predicted octanol–water partition coefficient (Wildman–Crippen LogP) is 3.03. The molecule has 0 fully saturated rings. The van der Waals surface area contributed by atoms with E-state index >= 15 is 0 Å². The Hall–Kier alpha value is -1.67. The van der Waals surface area contributed by atoms with E-state index in [1.54, 1.807) is 25.4 Å². The number of nitrogens with zero attached hydrogens (tertiary/aromatic N) is 3. The van der Waals surface area contributed by atoms with Gasteiger partial charge in [0.1, 0.15) is 5.69 Å². The fourth-order valence-electron chi connectivity index (χ4n) is 1.83. The second-order valence-electron chi connectivity index (χ2n) is 4.37. The van der Waals surface area contributed by atoms with E-state index in [9.17, 15) is 14.9 Å². The van der Waals surface area contributed by atoms with Crippen LogP contribution in [-0.2, 0) is 13.6 Å². The first-order valence-corrected chi connectivity index (χ1v) is 7.35. The quantitative estimate of drug-likeness (QED) is 0.623. The number of thiophene rings is 1. The van der Waals surface area contributed by atoms with Gasteiger partial charge in [0.05, 0.1) is 14.9 Å². The van der Waals surface area contributed by atoms with Gasteiger partial charge < -0.3 is 9.47 Å². The molecule has 6 nitrogen and oxygen atoms in total. The molecular formula is C12H12BrN3O3S. The zero-order valence-electron chi connectivity index (χ0n) is 10.9. The Balaban J connectivity index is 2.16. The fraction of sp³-hybridized carbons (Fsp3) is 0.250. The minimum Gasteiger partial charge on any atom is -0.340 e. The van der Waals surface area contributed by atoms with Crippen molar-refractivity contribution in [1.82, 2.24) is 9.47 Å². The molecule has 0 N–H and O–H groups in total. The number of halogens is 1. The smallest absolute Gasteiger partial charge is 0.287 e. The van der Waals surface area contributed by atoms with Crippen LogP contribution in [0.25, 0.3) is 0 Å². The Kier molecular flexibility index (Phi) is 4.24. The van der Waals surface area contributed by atoms with E-state index in [0.29, 0.717) is 12.2 Å². The molecule has 2 heterocycles. The lowest BCUT2D eigenvalue weighted by Crippen LogP contribution is -2.27. The molecule has 2 rings (SSSR count). The maximum atomic E-state index is 12.3. The summed E-state index contributed by atoms with van der Waals surface area (Å²) >= 11 is 4.92. The van der Waals surface area contributed by atoms with Crippen LogP contribution in [0.1, 0.15) is 16.1 Å². The number of nitro groups is 1. The van der Waals surface area contributed by atoms with Crippen LogP contribution in [0.15, 0.2) is 27.5 Å². The first-order valence-electron chi connectivity index (χ1n) is 5.67. The number of hydrogen-bond acceptors (Lipinski definition) is 4. The summed E-state index contributed by atoms with van der Waals surface area (Å²) in [6.45, 7) is 0.458. The lowest BCUT2D eigenvalue weighted by molar-refractivity contribution is -0.384. The third kappa shape index (κ3) is 3.07.